The number of likely N-dealkylation sites (tertiary alicyclic amines) is 1. The van der Waals surface area contributed by atoms with Crippen LogP contribution in [0, 0.1) is 0 Å². The number of hydrogen-bond donors (Lipinski definition) is 1. The van der Waals surface area contributed by atoms with E-state index in [0.717, 1.165) is 13.1 Å². The Hall–Kier alpha value is -0.160. The van der Waals surface area contributed by atoms with Crippen LogP contribution in [0.2, 0.25) is 0 Å². The van der Waals surface area contributed by atoms with Crippen LogP contribution in [0.4, 0.5) is 0 Å². The Bertz CT molecular complexity index is 258. The maximum atomic E-state index is 6.15. The minimum atomic E-state index is 0.230. The number of piperidine rings is 1. The molecule has 2 unspecified atom stereocenters. The molecular weight excluding hydrogens is 212 g/mol. The molecule has 2 heterocycles. The molecule has 100 valence electrons. The SMILES string of the molecule is CC1CN(C)CCN1C1(CN)CCCN(C)C1. The summed E-state index contributed by atoms with van der Waals surface area (Å²) in [6.07, 6.45) is 2.55. The van der Waals surface area contributed by atoms with Gasteiger partial charge in [-0.15, -0.1) is 0 Å². The second-order valence-electron chi connectivity index (χ2n) is 6.07. The molecule has 2 saturated heterocycles. The molecule has 0 spiro atoms. The van der Waals surface area contributed by atoms with Crippen LogP contribution < -0.4 is 5.73 Å². The smallest absolute Gasteiger partial charge is 0.0462 e. The zero-order chi connectivity index (χ0) is 12.5. The third-order valence-electron chi connectivity index (χ3n) is 4.57. The molecule has 4 nitrogen and oxygen atoms in total. The van der Waals surface area contributed by atoms with Gasteiger partial charge in [-0.2, -0.15) is 0 Å². The van der Waals surface area contributed by atoms with Gasteiger partial charge in [0.1, 0.15) is 0 Å². The maximum Gasteiger partial charge on any atom is 0.0462 e. The van der Waals surface area contributed by atoms with E-state index in [2.05, 4.69) is 35.7 Å². The third kappa shape index (κ3) is 2.65. The van der Waals surface area contributed by atoms with Crippen LogP contribution in [-0.4, -0.2) is 79.6 Å². The molecule has 0 aliphatic carbocycles. The summed E-state index contributed by atoms with van der Waals surface area (Å²) in [6.45, 7) is 9.03. The summed E-state index contributed by atoms with van der Waals surface area (Å²) in [5.41, 5.74) is 6.38. The van der Waals surface area contributed by atoms with Gasteiger partial charge in [0.05, 0.1) is 0 Å². The molecule has 0 amide bonds. The first-order valence-electron chi connectivity index (χ1n) is 6.91. The van der Waals surface area contributed by atoms with Gasteiger partial charge in [0.15, 0.2) is 0 Å². The zero-order valence-electron chi connectivity index (χ0n) is 11.7. The molecule has 17 heavy (non-hydrogen) atoms. The first kappa shape index (κ1) is 13.3. The lowest BCUT2D eigenvalue weighted by Gasteiger charge is -2.53. The van der Waals surface area contributed by atoms with Crippen LogP contribution >= 0.6 is 0 Å². The van der Waals surface area contributed by atoms with Crippen molar-refractivity contribution < 1.29 is 0 Å². The van der Waals surface area contributed by atoms with E-state index in [4.69, 9.17) is 5.73 Å². The van der Waals surface area contributed by atoms with Gasteiger partial charge in [-0.25, -0.2) is 0 Å². The Labute approximate surface area is 106 Å². The Morgan fingerprint density at radius 3 is 2.53 bits per heavy atom. The quantitative estimate of drug-likeness (QED) is 0.740. The maximum absolute atomic E-state index is 6.15. The van der Waals surface area contributed by atoms with Crippen LogP contribution in [0.25, 0.3) is 0 Å². The Kier molecular flexibility index (Phi) is 4.08. The average molecular weight is 240 g/mol. The molecule has 0 saturated carbocycles. The Morgan fingerprint density at radius 2 is 1.94 bits per heavy atom. The van der Waals surface area contributed by atoms with Gasteiger partial charge >= 0.3 is 0 Å². The topological polar surface area (TPSA) is 35.7 Å². The molecular formula is C13H28N4. The van der Waals surface area contributed by atoms with E-state index in [1.807, 2.05) is 0 Å². The van der Waals surface area contributed by atoms with E-state index in [1.54, 1.807) is 0 Å². The van der Waals surface area contributed by atoms with Crippen LogP contribution in [-0.2, 0) is 0 Å². The second kappa shape index (κ2) is 5.22. The van der Waals surface area contributed by atoms with Crippen molar-refractivity contribution in [1.82, 2.24) is 14.7 Å². The fraction of sp³-hybridized carbons (Fsp3) is 1.00. The van der Waals surface area contributed by atoms with Gasteiger partial charge in [-0.1, -0.05) is 0 Å². The van der Waals surface area contributed by atoms with Crippen molar-refractivity contribution in [1.29, 1.82) is 0 Å². The molecule has 0 aromatic carbocycles. The Morgan fingerprint density at radius 1 is 1.18 bits per heavy atom. The number of rotatable bonds is 2. The lowest BCUT2D eigenvalue weighted by Crippen LogP contribution is -2.68. The molecule has 0 radical (unpaired) electrons. The molecule has 2 N–H and O–H groups in total. The van der Waals surface area contributed by atoms with Gasteiger partial charge in [0, 0.05) is 44.3 Å². The molecule has 2 aliphatic rings. The van der Waals surface area contributed by atoms with Crippen LogP contribution in [0.15, 0.2) is 0 Å². The predicted octanol–water partition coefficient (Wildman–Crippen LogP) is 0.0454. The molecule has 2 aliphatic heterocycles. The summed E-state index contributed by atoms with van der Waals surface area (Å²) in [7, 11) is 4.44. The van der Waals surface area contributed by atoms with Crippen molar-refractivity contribution in [3.05, 3.63) is 0 Å². The van der Waals surface area contributed by atoms with Crippen molar-refractivity contribution in [3.63, 3.8) is 0 Å². The number of nitrogens with two attached hydrogens (primary N) is 1. The molecule has 2 atom stereocenters. The highest BCUT2D eigenvalue weighted by molar-refractivity contribution is 5.00. The van der Waals surface area contributed by atoms with Crippen molar-refractivity contribution in [2.45, 2.75) is 31.3 Å². The second-order valence-corrected chi connectivity index (χ2v) is 6.07. The fourth-order valence-electron chi connectivity index (χ4n) is 3.70. The highest BCUT2D eigenvalue weighted by Crippen LogP contribution is 2.29. The van der Waals surface area contributed by atoms with E-state index in [-0.39, 0.29) is 5.54 Å². The van der Waals surface area contributed by atoms with Crippen LogP contribution in [0.5, 0.6) is 0 Å². The first-order valence-corrected chi connectivity index (χ1v) is 6.91. The summed E-state index contributed by atoms with van der Waals surface area (Å²) in [6, 6.07) is 0.629. The van der Waals surface area contributed by atoms with E-state index in [0.29, 0.717) is 6.04 Å². The van der Waals surface area contributed by atoms with Gasteiger partial charge in [-0.3, -0.25) is 4.90 Å². The summed E-state index contributed by atoms with van der Waals surface area (Å²) in [5, 5.41) is 0. The molecule has 2 rings (SSSR count). The highest BCUT2D eigenvalue weighted by Gasteiger charge is 2.42. The van der Waals surface area contributed by atoms with Crippen molar-refractivity contribution in [3.8, 4) is 0 Å². The van der Waals surface area contributed by atoms with Crippen LogP contribution in [0.1, 0.15) is 19.8 Å². The number of nitrogens with zero attached hydrogens (tertiary/aromatic N) is 3. The first-order chi connectivity index (χ1) is 8.07. The van der Waals surface area contributed by atoms with Gasteiger partial charge < -0.3 is 15.5 Å². The molecule has 2 fully saturated rings. The summed E-state index contributed by atoms with van der Waals surface area (Å²) >= 11 is 0. The van der Waals surface area contributed by atoms with Gasteiger partial charge in [0.2, 0.25) is 0 Å². The largest absolute Gasteiger partial charge is 0.329 e. The zero-order valence-corrected chi connectivity index (χ0v) is 11.7. The van der Waals surface area contributed by atoms with E-state index < -0.39 is 0 Å². The Balaban J connectivity index is 2.11. The van der Waals surface area contributed by atoms with E-state index in [1.165, 1.54) is 39.0 Å². The lowest BCUT2D eigenvalue weighted by atomic mass is 9.85. The summed E-state index contributed by atoms with van der Waals surface area (Å²) < 4.78 is 0. The highest BCUT2D eigenvalue weighted by atomic mass is 15.3. The monoisotopic (exact) mass is 240 g/mol. The normalized spacial score (nSPS) is 38.5. The number of piperazine rings is 1. The molecule has 0 aromatic heterocycles. The fourth-order valence-corrected chi connectivity index (χ4v) is 3.70. The number of likely N-dealkylation sites (N-methyl/N-ethyl adjacent to an activating group) is 2. The lowest BCUT2D eigenvalue weighted by molar-refractivity contribution is -0.0331. The average Bonchev–Trinajstić information content (AvgIpc) is 2.28. The van der Waals surface area contributed by atoms with Crippen LogP contribution in [0.3, 0.4) is 0 Å². The number of hydrogen-bond acceptors (Lipinski definition) is 4. The molecule has 0 aromatic rings. The molecule has 0 bridgehead atoms. The van der Waals surface area contributed by atoms with Gasteiger partial charge in [0.25, 0.3) is 0 Å². The summed E-state index contributed by atoms with van der Waals surface area (Å²) in [4.78, 5) is 7.56. The predicted molar refractivity (Wildman–Crippen MR) is 72.2 cm³/mol. The van der Waals surface area contributed by atoms with Gasteiger partial charge in [-0.05, 0) is 40.4 Å². The van der Waals surface area contributed by atoms with Crippen molar-refractivity contribution in [2.24, 2.45) is 5.73 Å². The van der Waals surface area contributed by atoms with Crippen molar-refractivity contribution >= 4 is 0 Å². The van der Waals surface area contributed by atoms with E-state index in [9.17, 15) is 0 Å². The summed E-state index contributed by atoms with van der Waals surface area (Å²) in [5.74, 6) is 0. The van der Waals surface area contributed by atoms with E-state index >= 15 is 0 Å². The minimum Gasteiger partial charge on any atom is -0.329 e. The third-order valence-corrected chi connectivity index (χ3v) is 4.57. The molecule has 4 heteroatoms. The standard InChI is InChI=1S/C13H28N4/c1-12-9-15(2)7-8-17(12)13(10-14)5-4-6-16(3)11-13/h12H,4-11,14H2,1-3H3. The minimum absolute atomic E-state index is 0.230. The van der Waals surface area contributed by atoms with Crippen molar-refractivity contribution in [2.75, 3.05) is 53.4 Å².